The first kappa shape index (κ1) is 14.9. The summed E-state index contributed by atoms with van der Waals surface area (Å²) in [5.74, 6) is -1.77. The van der Waals surface area contributed by atoms with Gasteiger partial charge in [0.05, 0.1) is 18.7 Å². The summed E-state index contributed by atoms with van der Waals surface area (Å²) in [4.78, 5) is 22.9. The minimum Gasteiger partial charge on any atom is -0.399 e. The van der Waals surface area contributed by atoms with Crippen molar-refractivity contribution in [3.63, 3.8) is 0 Å². The van der Waals surface area contributed by atoms with Crippen LogP contribution in [0.15, 0.2) is 18.2 Å². The third-order valence-corrected chi connectivity index (χ3v) is 2.28. The minimum absolute atomic E-state index is 0.154. The number of halogens is 1. The number of carbonyl (C=O) groups is 2. The zero-order valence-corrected chi connectivity index (χ0v) is 10.5. The molecular weight excluding hydrogens is 253 g/mol. The van der Waals surface area contributed by atoms with Crippen LogP contribution in [-0.4, -0.2) is 38.6 Å². The molecule has 4 N–H and O–H groups in total. The van der Waals surface area contributed by atoms with Gasteiger partial charge in [-0.3, -0.25) is 9.59 Å². The van der Waals surface area contributed by atoms with Gasteiger partial charge in [-0.05, 0) is 18.2 Å². The van der Waals surface area contributed by atoms with Gasteiger partial charge in [0.1, 0.15) is 5.82 Å². The number of anilines is 1. The summed E-state index contributed by atoms with van der Waals surface area (Å²) in [6, 6.07) is 3.73. The molecule has 7 heteroatoms. The van der Waals surface area contributed by atoms with Crippen molar-refractivity contribution in [2.75, 3.05) is 32.5 Å². The van der Waals surface area contributed by atoms with E-state index in [1.807, 2.05) is 0 Å². The average Bonchev–Trinajstić information content (AvgIpc) is 2.36. The highest BCUT2D eigenvalue weighted by Gasteiger charge is 2.12. The number of carbonyl (C=O) groups excluding carboxylic acids is 2. The van der Waals surface area contributed by atoms with Crippen LogP contribution in [0.1, 0.15) is 10.4 Å². The fourth-order valence-electron chi connectivity index (χ4n) is 1.33. The SMILES string of the molecule is COCCNC(=O)CNC(=O)c1ccc(N)cc1F. The normalized spacial score (nSPS) is 10.0. The van der Waals surface area contributed by atoms with Gasteiger partial charge in [0.15, 0.2) is 0 Å². The third kappa shape index (κ3) is 4.92. The number of amides is 2. The second kappa shape index (κ2) is 7.32. The monoisotopic (exact) mass is 269 g/mol. The second-order valence-electron chi connectivity index (χ2n) is 3.76. The highest BCUT2D eigenvalue weighted by atomic mass is 19.1. The van der Waals surface area contributed by atoms with Crippen LogP contribution in [0.25, 0.3) is 0 Å². The lowest BCUT2D eigenvalue weighted by Crippen LogP contribution is -2.38. The molecule has 1 aromatic rings. The number of benzene rings is 1. The summed E-state index contributed by atoms with van der Waals surface area (Å²) < 4.78 is 18.2. The van der Waals surface area contributed by atoms with Crippen molar-refractivity contribution in [1.82, 2.24) is 10.6 Å². The largest absolute Gasteiger partial charge is 0.399 e. The van der Waals surface area contributed by atoms with E-state index in [1.165, 1.54) is 19.2 Å². The van der Waals surface area contributed by atoms with E-state index in [-0.39, 0.29) is 23.7 Å². The van der Waals surface area contributed by atoms with Crippen LogP contribution in [0.3, 0.4) is 0 Å². The molecule has 0 atom stereocenters. The summed E-state index contributed by atoms with van der Waals surface area (Å²) >= 11 is 0. The van der Waals surface area contributed by atoms with Crippen LogP contribution in [0.2, 0.25) is 0 Å². The zero-order chi connectivity index (χ0) is 14.3. The van der Waals surface area contributed by atoms with Gasteiger partial charge in [0.2, 0.25) is 5.91 Å². The lowest BCUT2D eigenvalue weighted by molar-refractivity contribution is -0.120. The molecule has 0 saturated heterocycles. The Morgan fingerprint density at radius 2 is 2.11 bits per heavy atom. The maximum absolute atomic E-state index is 13.4. The van der Waals surface area contributed by atoms with Crippen LogP contribution in [-0.2, 0) is 9.53 Å². The molecule has 0 spiro atoms. The Bertz CT molecular complexity index is 466. The van der Waals surface area contributed by atoms with E-state index in [4.69, 9.17) is 10.5 Å². The first-order valence-corrected chi connectivity index (χ1v) is 5.63. The molecule has 0 heterocycles. The van der Waals surface area contributed by atoms with Crippen molar-refractivity contribution in [1.29, 1.82) is 0 Å². The molecule has 1 rings (SSSR count). The molecule has 6 nitrogen and oxygen atoms in total. The molecule has 0 unspecified atom stereocenters. The Balaban J connectivity index is 2.45. The predicted octanol–water partition coefficient (Wildman–Crippen LogP) is -0.0997. The number of ether oxygens (including phenoxy) is 1. The minimum atomic E-state index is -0.725. The van der Waals surface area contributed by atoms with E-state index in [0.29, 0.717) is 13.2 Å². The Labute approximate surface area is 110 Å². The van der Waals surface area contributed by atoms with Gasteiger partial charge in [0.25, 0.3) is 5.91 Å². The van der Waals surface area contributed by atoms with Crippen molar-refractivity contribution in [3.8, 4) is 0 Å². The van der Waals surface area contributed by atoms with Crippen molar-refractivity contribution >= 4 is 17.5 Å². The summed E-state index contributed by atoms with van der Waals surface area (Å²) in [6.45, 7) is 0.500. The maximum atomic E-state index is 13.4. The summed E-state index contributed by atoms with van der Waals surface area (Å²) in [5, 5.41) is 4.84. The first-order chi connectivity index (χ1) is 9.04. The standard InChI is InChI=1S/C12H16FN3O3/c1-19-5-4-15-11(17)7-16-12(18)9-3-2-8(14)6-10(9)13/h2-3,6H,4-5,7,14H2,1H3,(H,15,17)(H,16,18). The highest BCUT2D eigenvalue weighted by Crippen LogP contribution is 2.11. The van der Waals surface area contributed by atoms with Crippen LogP contribution in [0, 0.1) is 5.82 Å². The molecule has 19 heavy (non-hydrogen) atoms. The van der Waals surface area contributed by atoms with Crippen LogP contribution in [0.5, 0.6) is 0 Å². The number of nitrogen functional groups attached to an aromatic ring is 1. The number of nitrogens with one attached hydrogen (secondary N) is 2. The van der Waals surface area contributed by atoms with E-state index in [9.17, 15) is 14.0 Å². The number of nitrogens with two attached hydrogens (primary N) is 1. The van der Waals surface area contributed by atoms with E-state index in [1.54, 1.807) is 0 Å². The van der Waals surface area contributed by atoms with Gasteiger partial charge in [-0.25, -0.2) is 4.39 Å². The fraction of sp³-hybridized carbons (Fsp3) is 0.333. The molecule has 0 aromatic heterocycles. The smallest absolute Gasteiger partial charge is 0.254 e. The molecular formula is C12H16FN3O3. The highest BCUT2D eigenvalue weighted by molar-refractivity contribution is 5.96. The van der Waals surface area contributed by atoms with E-state index in [2.05, 4.69) is 10.6 Å². The Hall–Kier alpha value is -2.15. The van der Waals surface area contributed by atoms with Crippen LogP contribution < -0.4 is 16.4 Å². The molecule has 0 aliphatic heterocycles. The quantitative estimate of drug-likeness (QED) is 0.496. The van der Waals surface area contributed by atoms with Gasteiger partial charge < -0.3 is 21.1 Å². The molecule has 2 amide bonds. The zero-order valence-electron chi connectivity index (χ0n) is 10.5. The van der Waals surface area contributed by atoms with Crippen LogP contribution >= 0.6 is 0 Å². The lowest BCUT2D eigenvalue weighted by Gasteiger charge is -2.07. The van der Waals surface area contributed by atoms with Crippen LogP contribution in [0.4, 0.5) is 10.1 Å². The van der Waals surface area contributed by atoms with Crippen molar-refractivity contribution in [2.45, 2.75) is 0 Å². The van der Waals surface area contributed by atoms with Crippen molar-refractivity contribution in [3.05, 3.63) is 29.6 Å². The summed E-state index contributed by atoms with van der Waals surface area (Å²) in [6.07, 6.45) is 0. The number of hydrogen-bond donors (Lipinski definition) is 3. The van der Waals surface area contributed by atoms with Crippen molar-refractivity contribution in [2.24, 2.45) is 0 Å². The number of rotatable bonds is 6. The maximum Gasteiger partial charge on any atom is 0.254 e. The predicted molar refractivity (Wildman–Crippen MR) is 68.0 cm³/mol. The molecule has 0 aliphatic rings. The molecule has 0 fully saturated rings. The second-order valence-corrected chi connectivity index (χ2v) is 3.76. The Kier molecular flexibility index (Phi) is 5.74. The fourth-order valence-corrected chi connectivity index (χ4v) is 1.33. The van der Waals surface area contributed by atoms with E-state index in [0.717, 1.165) is 6.07 Å². The molecule has 0 saturated carbocycles. The molecule has 1 aromatic carbocycles. The molecule has 0 radical (unpaired) electrons. The van der Waals surface area contributed by atoms with Gasteiger partial charge in [0, 0.05) is 19.3 Å². The third-order valence-electron chi connectivity index (χ3n) is 2.28. The molecule has 0 bridgehead atoms. The van der Waals surface area contributed by atoms with Crippen molar-refractivity contribution < 1.29 is 18.7 Å². The van der Waals surface area contributed by atoms with Gasteiger partial charge >= 0.3 is 0 Å². The topological polar surface area (TPSA) is 93.5 Å². The summed E-state index contributed by atoms with van der Waals surface area (Å²) in [7, 11) is 1.51. The summed E-state index contributed by atoms with van der Waals surface area (Å²) in [5.41, 5.74) is 5.44. The number of hydrogen-bond acceptors (Lipinski definition) is 4. The Morgan fingerprint density at radius 1 is 1.37 bits per heavy atom. The first-order valence-electron chi connectivity index (χ1n) is 5.63. The van der Waals surface area contributed by atoms with E-state index < -0.39 is 11.7 Å². The molecule has 0 aliphatic carbocycles. The van der Waals surface area contributed by atoms with Gasteiger partial charge in [-0.2, -0.15) is 0 Å². The lowest BCUT2D eigenvalue weighted by atomic mass is 10.2. The van der Waals surface area contributed by atoms with E-state index >= 15 is 0 Å². The Morgan fingerprint density at radius 3 is 2.74 bits per heavy atom. The van der Waals surface area contributed by atoms with Gasteiger partial charge in [-0.1, -0.05) is 0 Å². The average molecular weight is 269 g/mol. The molecule has 104 valence electrons. The van der Waals surface area contributed by atoms with Gasteiger partial charge in [-0.15, -0.1) is 0 Å². The number of methoxy groups -OCH3 is 1.